The van der Waals surface area contributed by atoms with E-state index in [1.54, 1.807) is 17.0 Å². The third-order valence-electron chi connectivity index (χ3n) is 6.13. The average molecular weight is 437 g/mol. The summed E-state index contributed by atoms with van der Waals surface area (Å²) in [6, 6.07) is 10.4. The van der Waals surface area contributed by atoms with Gasteiger partial charge in [-0.15, -0.1) is 0 Å². The monoisotopic (exact) mass is 436 g/mol. The molecule has 1 aliphatic rings. The number of nitrogens with zero attached hydrogens (tertiary/aromatic N) is 1. The van der Waals surface area contributed by atoms with Gasteiger partial charge in [-0.05, 0) is 52.6 Å². The van der Waals surface area contributed by atoms with E-state index >= 15 is 0 Å². The van der Waals surface area contributed by atoms with E-state index in [1.807, 2.05) is 45.0 Å². The van der Waals surface area contributed by atoms with Crippen LogP contribution in [0.3, 0.4) is 0 Å². The molecular formula is C27H36N2O3. The van der Waals surface area contributed by atoms with Gasteiger partial charge in [0.2, 0.25) is 5.91 Å². The van der Waals surface area contributed by atoms with Crippen LogP contribution in [0.5, 0.6) is 5.75 Å². The lowest BCUT2D eigenvalue weighted by Crippen LogP contribution is -2.49. The molecule has 1 unspecified atom stereocenters. The van der Waals surface area contributed by atoms with Crippen LogP contribution in [-0.4, -0.2) is 28.4 Å². The molecule has 1 atom stereocenters. The smallest absolute Gasteiger partial charge is 0.251 e. The lowest BCUT2D eigenvalue weighted by molar-refractivity contribution is -0.146. The van der Waals surface area contributed by atoms with Crippen LogP contribution in [0.25, 0.3) is 0 Å². The summed E-state index contributed by atoms with van der Waals surface area (Å²) in [5.41, 5.74) is 4.04. The second-order valence-corrected chi connectivity index (χ2v) is 10.4. The average Bonchev–Trinajstić information content (AvgIpc) is 2.71. The van der Waals surface area contributed by atoms with Crippen LogP contribution in [0, 0.1) is 5.41 Å². The molecule has 0 fully saturated rings. The second-order valence-electron chi connectivity index (χ2n) is 10.4. The van der Waals surface area contributed by atoms with Crippen molar-refractivity contribution in [3.05, 3.63) is 58.7 Å². The van der Waals surface area contributed by atoms with Crippen LogP contribution in [0.1, 0.15) is 88.6 Å². The molecule has 0 saturated carbocycles. The summed E-state index contributed by atoms with van der Waals surface area (Å²) in [5.74, 6) is 0.243. The predicted octanol–water partition coefficient (Wildman–Crippen LogP) is 5.75. The number of nitrogens with one attached hydrogen (secondary N) is 1. The molecule has 32 heavy (non-hydrogen) atoms. The fraction of sp³-hybridized carbons (Fsp3) is 0.481. The number of anilines is 1. The minimum Gasteiger partial charge on any atom is -0.508 e. The fourth-order valence-electron chi connectivity index (χ4n) is 4.42. The van der Waals surface area contributed by atoms with Crippen molar-refractivity contribution in [2.75, 3.05) is 11.9 Å². The number of hydrogen-bond donors (Lipinski definition) is 2. The van der Waals surface area contributed by atoms with Gasteiger partial charge in [-0.25, -0.2) is 0 Å². The Balaban J connectivity index is 2.10. The van der Waals surface area contributed by atoms with E-state index in [-0.39, 0.29) is 29.4 Å². The predicted molar refractivity (Wildman–Crippen MR) is 129 cm³/mol. The molecule has 2 aromatic carbocycles. The zero-order chi connectivity index (χ0) is 23.8. The summed E-state index contributed by atoms with van der Waals surface area (Å²) >= 11 is 0. The van der Waals surface area contributed by atoms with Crippen LogP contribution in [0.2, 0.25) is 0 Å². The highest BCUT2D eigenvalue weighted by Gasteiger charge is 2.40. The number of hydrogen-bond acceptors (Lipinski definition) is 3. The Morgan fingerprint density at radius 3 is 2.16 bits per heavy atom. The zero-order valence-corrected chi connectivity index (χ0v) is 20.3. The molecule has 0 aromatic heterocycles. The molecule has 1 aliphatic heterocycles. The van der Waals surface area contributed by atoms with Crippen molar-refractivity contribution < 1.29 is 14.7 Å². The van der Waals surface area contributed by atoms with Crippen LogP contribution < -0.4 is 5.32 Å². The van der Waals surface area contributed by atoms with Gasteiger partial charge in [-0.3, -0.25) is 9.59 Å². The Labute approximate surface area is 191 Å². The number of fused-ring (bicyclic) bond motifs is 1. The van der Waals surface area contributed by atoms with Gasteiger partial charge in [0.15, 0.2) is 0 Å². The van der Waals surface area contributed by atoms with Crippen LogP contribution in [-0.2, 0) is 16.0 Å². The maximum absolute atomic E-state index is 13.8. The van der Waals surface area contributed by atoms with E-state index in [0.717, 1.165) is 22.4 Å². The van der Waals surface area contributed by atoms with Crippen molar-refractivity contribution in [3.63, 3.8) is 0 Å². The summed E-state index contributed by atoms with van der Waals surface area (Å²) < 4.78 is 0. The Bertz CT molecular complexity index is 992. The first kappa shape index (κ1) is 23.8. The van der Waals surface area contributed by atoms with E-state index in [9.17, 15) is 14.7 Å². The molecule has 5 heteroatoms. The molecular weight excluding hydrogens is 400 g/mol. The normalized spacial score (nSPS) is 16.3. The summed E-state index contributed by atoms with van der Waals surface area (Å²) in [5, 5.41) is 13.4. The minimum absolute atomic E-state index is 0.0760. The van der Waals surface area contributed by atoms with Crippen molar-refractivity contribution in [3.8, 4) is 5.75 Å². The molecule has 0 radical (unpaired) electrons. The summed E-state index contributed by atoms with van der Waals surface area (Å²) in [6.45, 7) is 14.5. The van der Waals surface area contributed by atoms with Crippen LogP contribution >= 0.6 is 0 Å². The zero-order valence-electron chi connectivity index (χ0n) is 20.3. The summed E-state index contributed by atoms with van der Waals surface area (Å²) in [6.07, 6.45) is 0.654. The lowest BCUT2D eigenvalue weighted by atomic mass is 9.87. The van der Waals surface area contributed by atoms with E-state index in [2.05, 4.69) is 33.0 Å². The number of phenolic OH excluding ortho intramolecular Hbond substituents is 1. The summed E-state index contributed by atoms with van der Waals surface area (Å²) in [7, 11) is 0. The number of rotatable bonds is 4. The number of aromatic hydroxyl groups is 1. The highest BCUT2D eigenvalue weighted by Crippen LogP contribution is 2.38. The van der Waals surface area contributed by atoms with Gasteiger partial charge in [0, 0.05) is 17.6 Å². The maximum atomic E-state index is 13.8. The first-order valence-corrected chi connectivity index (χ1v) is 11.5. The van der Waals surface area contributed by atoms with Gasteiger partial charge in [-0.2, -0.15) is 0 Å². The van der Waals surface area contributed by atoms with Crippen molar-refractivity contribution in [2.24, 2.45) is 5.41 Å². The molecule has 0 saturated heterocycles. The molecule has 5 nitrogen and oxygen atoms in total. The Hall–Kier alpha value is -2.82. The van der Waals surface area contributed by atoms with Crippen molar-refractivity contribution in [1.82, 2.24) is 4.90 Å². The molecule has 2 aromatic rings. The van der Waals surface area contributed by atoms with Crippen LogP contribution in [0.15, 0.2) is 36.4 Å². The van der Waals surface area contributed by atoms with E-state index in [1.165, 1.54) is 0 Å². The molecule has 2 N–H and O–H groups in total. The SMILES string of the molecule is CC(C)c1cccc(C(C)C)c1NC(=O)C1c2cc(O)ccc2CCN1C(=O)C(C)(C)C. The molecule has 0 aliphatic carbocycles. The fourth-order valence-corrected chi connectivity index (χ4v) is 4.42. The molecule has 0 spiro atoms. The van der Waals surface area contributed by atoms with Gasteiger partial charge in [0.05, 0.1) is 0 Å². The number of carbonyl (C=O) groups is 2. The van der Waals surface area contributed by atoms with Gasteiger partial charge < -0.3 is 15.3 Å². The number of amides is 2. The van der Waals surface area contributed by atoms with Crippen molar-refractivity contribution in [2.45, 2.75) is 72.8 Å². The van der Waals surface area contributed by atoms with Gasteiger partial charge in [-0.1, -0.05) is 72.7 Å². The number of carbonyl (C=O) groups excluding carboxylic acids is 2. The van der Waals surface area contributed by atoms with Crippen molar-refractivity contribution >= 4 is 17.5 Å². The first-order chi connectivity index (χ1) is 14.9. The van der Waals surface area contributed by atoms with E-state index < -0.39 is 11.5 Å². The topological polar surface area (TPSA) is 69.6 Å². The lowest BCUT2D eigenvalue weighted by Gasteiger charge is -2.39. The highest BCUT2D eigenvalue weighted by molar-refractivity contribution is 6.00. The van der Waals surface area contributed by atoms with Crippen molar-refractivity contribution in [1.29, 1.82) is 0 Å². The third-order valence-corrected chi connectivity index (χ3v) is 6.13. The number of para-hydroxylation sites is 1. The molecule has 2 amide bonds. The van der Waals surface area contributed by atoms with Gasteiger partial charge in [0.1, 0.15) is 11.8 Å². The standard InChI is InChI=1S/C27H36N2O3/c1-16(2)20-9-8-10-21(17(3)4)23(20)28-25(31)24-22-15-19(30)12-11-18(22)13-14-29(24)26(32)27(5,6)7/h8-12,15-17,24,30H,13-14H2,1-7H3,(H,28,31). The molecule has 0 bridgehead atoms. The molecule has 172 valence electrons. The number of benzene rings is 2. The largest absolute Gasteiger partial charge is 0.508 e. The molecule has 3 rings (SSSR count). The Morgan fingerprint density at radius 2 is 1.62 bits per heavy atom. The molecule has 1 heterocycles. The van der Waals surface area contributed by atoms with Gasteiger partial charge in [0.25, 0.3) is 5.91 Å². The Morgan fingerprint density at radius 1 is 1.03 bits per heavy atom. The van der Waals surface area contributed by atoms with E-state index in [0.29, 0.717) is 18.5 Å². The van der Waals surface area contributed by atoms with E-state index in [4.69, 9.17) is 0 Å². The minimum atomic E-state index is -0.794. The quantitative estimate of drug-likeness (QED) is 0.641. The van der Waals surface area contributed by atoms with Gasteiger partial charge >= 0.3 is 0 Å². The second kappa shape index (κ2) is 8.97. The summed E-state index contributed by atoms with van der Waals surface area (Å²) in [4.78, 5) is 28.8. The van der Waals surface area contributed by atoms with Crippen LogP contribution in [0.4, 0.5) is 5.69 Å². The first-order valence-electron chi connectivity index (χ1n) is 11.5. The third kappa shape index (κ3) is 4.67. The maximum Gasteiger partial charge on any atom is 0.251 e. The number of phenols is 1. The Kier molecular flexibility index (Phi) is 6.68. The highest BCUT2D eigenvalue weighted by atomic mass is 16.3.